The van der Waals surface area contributed by atoms with Gasteiger partial charge in [-0.3, -0.25) is 0 Å². The van der Waals surface area contributed by atoms with E-state index in [0.29, 0.717) is 18.2 Å². The molecule has 0 aliphatic heterocycles. The molecule has 26 heavy (non-hydrogen) atoms. The van der Waals surface area contributed by atoms with Gasteiger partial charge in [-0.2, -0.15) is 0 Å². The molecule has 0 fully saturated rings. The molecule has 2 aromatic carbocycles. The number of imidazole rings is 1. The number of halogens is 1. The van der Waals surface area contributed by atoms with E-state index in [-0.39, 0.29) is 0 Å². The maximum atomic E-state index is 5.91. The molecule has 4 aromatic rings. The second kappa shape index (κ2) is 7.50. The molecule has 0 spiro atoms. The number of nitrogens with zero attached hydrogens (tertiary/aromatic N) is 2. The van der Waals surface area contributed by atoms with Crippen LogP contribution in [0.1, 0.15) is 11.6 Å². The lowest BCUT2D eigenvalue weighted by Gasteiger charge is -2.09. The quantitative estimate of drug-likeness (QED) is 0.451. The van der Waals surface area contributed by atoms with Crippen LogP contribution >= 0.6 is 11.6 Å². The highest BCUT2D eigenvalue weighted by Gasteiger charge is 2.08. The lowest BCUT2D eigenvalue weighted by molar-refractivity contribution is 0.300. The first kappa shape index (κ1) is 16.5. The van der Waals surface area contributed by atoms with Crippen molar-refractivity contribution in [2.45, 2.75) is 6.54 Å². The standard InChI is InChI=1S/C21H17ClN2O2/c22-16-7-9-18(10-8-16)26-15-13-24-20-6-2-1-5-19(20)23-21(24)12-11-17-4-3-14-25-17/h1-12,14H,13,15H2. The van der Waals surface area contributed by atoms with Crippen LogP contribution in [0.15, 0.2) is 71.3 Å². The molecule has 0 amide bonds. The molecule has 0 atom stereocenters. The summed E-state index contributed by atoms with van der Waals surface area (Å²) in [4.78, 5) is 4.71. The van der Waals surface area contributed by atoms with E-state index in [1.165, 1.54) is 0 Å². The number of para-hydroxylation sites is 2. The van der Waals surface area contributed by atoms with Crippen molar-refractivity contribution in [2.24, 2.45) is 0 Å². The Hall–Kier alpha value is -2.98. The first-order valence-corrected chi connectivity index (χ1v) is 8.72. The van der Waals surface area contributed by atoms with Crippen molar-refractivity contribution in [3.05, 3.63) is 83.5 Å². The summed E-state index contributed by atoms with van der Waals surface area (Å²) >= 11 is 5.91. The zero-order valence-corrected chi connectivity index (χ0v) is 14.8. The molecule has 4 nitrogen and oxygen atoms in total. The van der Waals surface area contributed by atoms with E-state index in [9.17, 15) is 0 Å². The van der Waals surface area contributed by atoms with Gasteiger partial charge in [-0.1, -0.05) is 23.7 Å². The average molecular weight is 365 g/mol. The summed E-state index contributed by atoms with van der Waals surface area (Å²) in [6, 6.07) is 19.2. The summed E-state index contributed by atoms with van der Waals surface area (Å²) < 4.78 is 13.3. The maximum absolute atomic E-state index is 5.91. The Balaban J connectivity index is 1.56. The first-order chi connectivity index (χ1) is 12.8. The van der Waals surface area contributed by atoms with Crippen molar-refractivity contribution >= 4 is 34.8 Å². The number of fused-ring (bicyclic) bond motifs is 1. The molecule has 0 aliphatic rings. The smallest absolute Gasteiger partial charge is 0.134 e. The van der Waals surface area contributed by atoms with Gasteiger partial charge in [0, 0.05) is 5.02 Å². The minimum Gasteiger partial charge on any atom is -0.492 e. The number of hydrogen-bond donors (Lipinski definition) is 0. The van der Waals surface area contributed by atoms with Crippen LogP contribution in [-0.4, -0.2) is 16.2 Å². The van der Waals surface area contributed by atoms with Crippen molar-refractivity contribution < 1.29 is 9.15 Å². The molecule has 0 aliphatic carbocycles. The molecule has 130 valence electrons. The van der Waals surface area contributed by atoms with E-state index in [1.54, 1.807) is 6.26 Å². The predicted octanol–water partition coefficient (Wildman–Crippen LogP) is 5.53. The summed E-state index contributed by atoms with van der Waals surface area (Å²) in [6.07, 6.45) is 5.53. The fraction of sp³-hybridized carbons (Fsp3) is 0.0952. The van der Waals surface area contributed by atoms with Gasteiger partial charge in [-0.15, -0.1) is 0 Å². The number of ether oxygens (including phenoxy) is 1. The molecule has 0 N–H and O–H groups in total. The van der Waals surface area contributed by atoms with Crippen LogP contribution < -0.4 is 4.74 Å². The summed E-state index contributed by atoms with van der Waals surface area (Å²) in [6.45, 7) is 1.21. The van der Waals surface area contributed by atoms with Gasteiger partial charge in [0.2, 0.25) is 0 Å². The monoisotopic (exact) mass is 364 g/mol. The molecular weight excluding hydrogens is 348 g/mol. The van der Waals surface area contributed by atoms with Gasteiger partial charge in [-0.05, 0) is 60.7 Å². The highest BCUT2D eigenvalue weighted by atomic mass is 35.5. The van der Waals surface area contributed by atoms with Gasteiger partial charge >= 0.3 is 0 Å². The van der Waals surface area contributed by atoms with E-state index < -0.39 is 0 Å². The first-order valence-electron chi connectivity index (χ1n) is 8.35. The Kier molecular flexibility index (Phi) is 4.75. The van der Waals surface area contributed by atoms with Crippen LogP contribution in [0.25, 0.3) is 23.2 Å². The highest BCUT2D eigenvalue weighted by Crippen LogP contribution is 2.19. The molecule has 0 saturated heterocycles. The van der Waals surface area contributed by atoms with E-state index >= 15 is 0 Å². The van der Waals surface area contributed by atoms with Crippen molar-refractivity contribution in [2.75, 3.05) is 6.61 Å². The minimum atomic E-state index is 0.531. The summed E-state index contributed by atoms with van der Waals surface area (Å²) in [5, 5.41) is 0.698. The third kappa shape index (κ3) is 3.65. The summed E-state index contributed by atoms with van der Waals surface area (Å²) in [5.74, 6) is 2.45. The number of benzene rings is 2. The third-order valence-electron chi connectivity index (χ3n) is 4.02. The molecule has 2 heterocycles. The predicted molar refractivity (Wildman–Crippen MR) is 104 cm³/mol. The molecule has 4 rings (SSSR count). The van der Waals surface area contributed by atoms with Crippen LogP contribution in [0.5, 0.6) is 5.75 Å². The number of hydrogen-bond acceptors (Lipinski definition) is 3. The molecule has 0 radical (unpaired) electrons. The van der Waals surface area contributed by atoms with Crippen LogP contribution in [0.3, 0.4) is 0 Å². The van der Waals surface area contributed by atoms with Gasteiger partial charge in [0.15, 0.2) is 0 Å². The Morgan fingerprint density at radius 3 is 2.65 bits per heavy atom. The van der Waals surface area contributed by atoms with E-state index in [4.69, 9.17) is 25.7 Å². The van der Waals surface area contributed by atoms with Crippen LogP contribution in [0.2, 0.25) is 5.02 Å². The fourth-order valence-corrected chi connectivity index (χ4v) is 2.91. The Bertz CT molecular complexity index is 1020. The topological polar surface area (TPSA) is 40.2 Å². The molecule has 5 heteroatoms. The molecule has 0 bridgehead atoms. The zero-order chi connectivity index (χ0) is 17.8. The highest BCUT2D eigenvalue weighted by molar-refractivity contribution is 6.30. The fourth-order valence-electron chi connectivity index (χ4n) is 2.78. The lowest BCUT2D eigenvalue weighted by Crippen LogP contribution is -2.09. The SMILES string of the molecule is Clc1ccc(OCCn2c(C=Cc3ccco3)nc3ccccc32)cc1. The van der Waals surface area contributed by atoms with Crippen LogP contribution in [-0.2, 0) is 6.54 Å². The number of furan rings is 1. The van der Waals surface area contributed by atoms with E-state index in [0.717, 1.165) is 28.4 Å². The number of aromatic nitrogens is 2. The zero-order valence-electron chi connectivity index (χ0n) is 14.0. The van der Waals surface area contributed by atoms with Crippen molar-refractivity contribution in [1.29, 1.82) is 0 Å². The van der Waals surface area contributed by atoms with Gasteiger partial charge in [0.05, 0.1) is 23.8 Å². The summed E-state index contributed by atoms with van der Waals surface area (Å²) in [7, 11) is 0. The van der Waals surface area contributed by atoms with Crippen molar-refractivity contribution in [3.8, 4) is 5.75 Å². The van der Waals surface area contributed by atoms with E-state index in [1.807, 2.05) is 66.7 Å². The van der Waals surface area contributed by atoms with Gasteiger partial charge in [0.1, 0.15) is 23.9 Å². The third-order valence-corrected chi connectivity index (χ3v) is 4.27. The summed E-state index contributed by atoms with van der Waals surface area (Å²) in [5.41, 5.74) is 2.03. The van der Waals surface area contributed by atoms with Crippen LogP contribution in [0.4, 0.5) is 0 Å². The molecule has 0 saturated carbocycles. The maximum Gasteiger partial charge on any atom is 0.134 e. The Morgan fingerprint density at radius 1 is 1.00 bits per heavy atom. The van der Waals surface area contributed by atoms with Crippen molar-refractivity contribution in [3.63, 3.8) is 0 Å². The lowest BCUT2D eigenvalue weighted by atomic mass is 10.3. The second-order valence-corrected chi connectivity index (χ2v) is 6.20. The largest absolute Gasteiger partial charge is 0.492 e. The average Bonchev–Trinajstić information content (AvgIpc) is 3.30. The molecule has 2 aromatic heterocycles. The van der Waals surface area contributed by atoms with Gasteiger partial charge in [-0.25, -0.2) is 4.98 Å². The minimum absolute atomic E-state index is 0.531. The second-order valence-electron chi connectivity index (χ2n) is 5.76. The Morgan fingerprint density at radius 2 is 1.85 bits per heavy atom. The van der Waals surface area contributed by atoms with Crippen LogP contribution in [0, 0.1) is 0 Å². The molecule has 0 unspecified atom stereocenters. The molecular formula is C21H17ClN2O2. The Labute approximate surface area is 156 Å². The number of rotatable bonds is 6. The van der Waals surface area contributed by atoms with Gasteiger partial charge < -0.3 is 13.7 Å². The van der Waals surface area contributed by atoms with Gasteiger partial charge in [0.25, 0.3) is 0 Å². The normalized spacial score (nSPS) is 11.4. The van der Waals surface area contributed by atoms with Crippen molar-refractivity contribution in [1.82, 2.24) is 9.55 Å². The van der Waals surface area contributed by atoms with E-state index in [2.05, 4.69) is 10.6 Å².